The summed E-state index contributed by atoms with van der Waals surface area (Å²) < 4.78 is 0. The molecule has 1 amide bonds. The highest BCUT2D eigenvalue weighted by atomic mass is 16.3. The number of aliphatic hydroxyl groups is 1. The number of aliphatic hydroxyl groups excluding tert-OH is 1. The van der Waals surface area contributed by atoms with Gasteiger partial charge < -0.3 is 15.7 Å². The fourth-order valence-electron chi connectivity index (χ4n) is 3.76. The molecule has 2 aliphatic rings. The van der Waals surface area contributed by atoms with Gasteiger partial charge in [0.15, 0.2) is 0 Å². The molecule has 1 saturated heterocycles. The molecule has 2 fully saturated rings. The normalized spacial score (nSPS) is 34.0. The first-order valence-corrected chi connectivity index (χ1v) is 7.55. The van der Waals surface area contributed by atoms with Crippen molar-refractivity contribution in [3.05, 3.63) is 0 Å². The van der Waals surface area contributed by atoms with Crippen molar-refractivity contribution in [2.24, 2.45) is 17.1 Å². The van der Waals surface area contributed by atoms with E-state index in [9.17, 15) is 15.2 Å². The molecular weight excluding hydrogens is 254 g/mol. The van der Waals surface area contributed by atoms with Gasteiger partial charge in [-0.1, -0.05) is 19.8 Å². The summed E-state index contributed by atoms with van der Waals surface area (Å²) in [5, 5.41) is 19.0. The number of amides is 1. The third-order valence-electron chi connectivity index (χ3n) is 5.44. The topological polar surface area (TPSA) is 90.4 Å². The molecule has 112 valence electrons. The van der Waals surface area contributed by atoms with Gasteiger partial charge in [0, 0.05) is 11.5 Å². The highest BCUT2D eigenvalue weighted by Gasteiger charge is 2.48. The fraction of sp³-hybridized carbons (Fsp3) is 0.867. The van der Waals surface area contributed by atoms with Crippen molar-refractivity contribution in [3.63, 3.8) is 0 Å². The molecule has 20 heavy (non-hydrogen) atoms. The quantitative estimate of drug-likeness (QED) is 0.807. The van der Waals surface area contributed by atoms with E-state index in [1.165, 1.54) is 0 Å². The second-order valence-electron chi connectivity index (χ2n) is 6.55. The minimum absolute atomic E-state index is 0.0374. The van der Waals surface area contributed by atoms with Crippen LogP contribution in [0.5, 0.6) is 0 Å². The fourth-order valence-corrected chi connectivity index (χ4v) is 3.76. The molecule has 2 rings (SSSR count). The second kappa shape index (κ2) is 5.71. The summed E-state index contributed by atoms with van der Waals surface area (Å²) in [6.07, 6.45) is 4.32. The Balaban J connectivity index is 2.20. The Bertz CT molecular complexity index is 412. The molecule has 5 nitrogen and oxygen atoms in total. The van der Waals surface area contributed by atoms with E-state index >= 15 is 0 Å². The predicted molar refractivity (Wildman–Crippen MR) is 75.5 cm³/mol. The van der Waals surface area contributed by atoms with E-state index in [0.717, 1.165) is 25.7 Å². The van der Waals surface area contributed by atoms with Gasteiger partial charge in [0.05, 0.1) is 18.7 Å². The number of nitrogens with zero attached hydrogens (tertiary/aromatic N) is 2. The lowest BCUT2D eigenvalue weighted by molar-refractivity contribution is -0.138. The maximum Gasteiger partial charge on any atom is 0.241 e. The van der Waals surface area contributed by atoms with Crippen LogP contribution in [0.3, 0.4) is 0 Å². The molecule has 1 aliphatic heterocycles. The van der Waals surface area contributed by atoms with Crippen molar-refractivity contribution in [1.29, 1.82) is 5.26 Å². The number of rotatable bonds is 3. The molecule has 4 atom stereocenters. The number of hydrogen-bond donors (Lipinski definition) is 2. The summed E-state index contributed by atoms with van der Waals surface area (Å²) in [7, 11) is 0. The number of nitrogens with two attached hydrogens (primary N) is 1. The Morgan fingerprint density at radius 3 is 2.60 bits per heavy atom. The lowest BCUT2D eigenvalue weighted by Crippen LogP contribution is -2.56. The van der Waals surface area contributed by atoms with Crippen LogP contribution in [-0.2, 0) is 4.79 Å². The Kier molecular flexibility index (Phi) is 4.36. The van der Waals surface area contributed by atoms with Gasteiger partial charge in [-0.15, -0.1) is 0 Å². The lowest BCUT2D eigenvalue weighted by Gasteiger charge is -2.37. The van der Waals surface area contributed by atoms with Crippen LogP contribution < -0.4 is 5.73 Å². The molecule has 1 heterocycles. The van der Waals surface area contributed by atoms with Crippen LogP contribution in [0.2, 0.25) is 0 Å². The third kappa shape index (κ3) is 2.32. The summed E-state index contributed by atoms with van der Waals surface area (Å²) in [5.41, 5.74) is 5.73. The summed E-state index contributed by atoms with van der Waals surface area (Å²) in [6.45, 7) is 3.99. The molecule has 0 bridgehead atoms. The van der Waals surface area contributed by atoms with Gasteiger partial charge in [-0.25, -0.2) is 0 Å². The van der Waals surface area contributed by atoms with E-state index in [1.54, 1.807) is 4.90 Å². The van der Waals surface area contributed by atoms with Crippen molar-refractivity contribution in [1.82, 2.24) is 4.90 Å². The highest BCUT2D eigenvalue weighted by Crippen LogP contribution is 2.41. The zero-order valence-electron chi connectivity index (χ0n) is 12.4. The molecule has 5 heteroatoms. The van der Waals surface area contributed by atoms with Crippen molar-refractivity contribution < 1.29 is 9.90 Å². The van der Waals surface area contributed by atoms with Gasteiger partial charge in [-0.2, -0.15) is 5.26 Å². The Labute approximate surface area is 120 Å². The average Bonchev–Trinajstić information content (AvgIpc) is 3.04. The van der Waals surface area contributed by atoms with Crippen LogP contribution >= 0.6 is 0 Å². The number of carbonyl (C=O) groups is 1. The van der Waals surface area contributed by atoms with E-state index < -0.39 is 11.5 Å². The van der Waals surface area contributed by atoms with Gasteiger partial charge in [0.1, 0.15) is 6.04 Å². The first kappa shape index (κ1) is 15.3. The van der Waals surface area contributed by atoms with Crippen LogP contribution in [0, 0.1) is 22.7 Å². The molecule has 1 aliphatic carbocycles. The number of hydrogen-bond acceptors (Lipinski definition) is 4. The maximum atomic E-state index is 12.8. The van der Waals surface area contributed by atoms with E-state index in [0.29, 0.717) is 12.3 Å². The Morgan fingerprint density at radius 1 is 1.50 bits per heavy atom. The van der Waals surface area contributed by atoms with Crippen LogP contribution in [0.4, 0.5) is 0 Å². The molecule has 4 unspecified atom stereocenters. The van der Waals surface area contributed by atoms with Gasteiger partial charge >= 0.3 is 0 Å². The molecule has 0 spiro atoms. The van der Waals surface area contributed by atoms with Gasteiger partial charge in [0.2, 0.25) is 5.91 Å². The van der Waals surface area contributed by atoms with Gasteiger partial charge in [-0.05, 0) is 32.1 Å². The lowest BCUT2D eigenvalue weighted by atomic mass is 9.79. The smallest absolute Gasteiger partial charge is 0.241 e. The van der Waals surface area contributed by atoms with Gasteiger partial charge in [-0.3, -0.25) is 4.79 Å². The molecular formula is C15H25N3O2. The summed E-state index contributed by atoms with van der Waals surface area (Å²) in [5.74, 6) is 0.147. The van der Waals surface area contributed by atoms with Crippen molar-refractivity contribution in [2.45, 2.75) is 64.1 Å². The Morgan fingerprint density at radius 2 is 2.10 bits per heavy atom. The molecule has 0 aromatic heterocycles. The minimum Gasteiger partial charge on any atom is -0.396 e. The van der Waals surface area contributed by atoms with Crippen molar-refractivity contribution in [2.75, 3.05) is 6.61 Å². The van der Waals surface area contributed by atoms with Crippen LogP contribution in [0.15, 0.2) is 0 Å². The Hall–Kier alpha value is -1.12. The monoisotopic (exact) mass is 279 g/mol. The zero-order chi connectivity index (χ0) is 14.9. The van der Waals surface area contributed by atoms with Crippen molar-refractivity contribution >= 4 is 5.91 Å². The molecule has 1 saturated carbocycles. The summed E-state index contributed by atoms with van der Waals surface area (Å²) in [6, 6.07) is 1.18. The first-order valence-electron chi connectivity index (χ1n) is 7.55. The number of carbonyl (C=O) groups excluding carboxylic acids is 1. The first-order chi connectivity index (χ1) is 9.46. The predicted octanol–water partition coefficient (Wildman–Crippen LogP) is 1.02. The van der Waals surface area contributed by atoms with E-state index in [-0.39, 0.29) is 24.6 Å². The summed E-state index contributed by atoms with van der Waals surface area (Å²) in [4.78, 5) is 14.4. The molecule has 0 aromatic carbocycles. The van der Waals surface area contributed by atoms with E-state index in [1.807, 2.05) is 6.92 Å². The highest BCUT2D eigenvalue weighted by molar-refractivity contribution is 5.84. The third-order valence-corrected chi connectivity index (χ3v) is 5.44. The average molecular weight is 279 g/mol. The van der Waals surface area contributed by atoms with Crippen LogP contribution in [0.25, 0.3) is 0 Å². The SMILES string of the molecule is CC1CC(C#N)N(C(=O)C(N)C2(CO)CCCC2)C1C. The standard InChI is InChI=1S/C15H25N3O2/c1-10-7-12(8-16)18(11(10)2)14(20)13(17)15(9-19)5-3-4-6-15/h10-13,19H,3-7,9,17H2,1-2H3. The zero-order valence-corrected chi connectivity index (χ0v) is 12.4. The van der Waals surface area contributed by atoms with Crippen LogP contribution in [-0.4, -0.2) is 40.6 Å². The molecule has 3 N–H and O–H groups in total. The van der Waals surface area contributed by atoms with Crippen LogP contribution in [0.1, 0.15) is 46.0 Å². The maximum absolute atomic E-state index is 12.8. The summed E-state index contributed by atoms with van der Waals surface area (Å²) >= 11 is 0. The number of nitriles is 1. The second-order valence-corrected chi connectivity index (χ2v) is 6.55. The minimum atomic E-state index is -0.696. The van der Waals surface area contributed by atoms with E-state index in [2.05, 4.69) is 13.0 Å². The van der Waals surface area contributed by atoms with Gasteiger partial charge in [0.25, 0.3) is 0 Å². The largest absolute Gasteiger partial charge is 0.396 e. The number of likely N-dealkylation sites (tertiary alicyclic amines) is 1. The van der Waals surface area contributed by atoms with Crippen molar-refractivity contribution in [3.8, 4) is 6.07 Å². The van der Waals surface area contributed by atoms with E-state index in [4.69, 9.17) is 5.73 Å². The molecule has 0 aromatic rings. The molecule has 0 radical (unpaired) electrons.